The zero-order chi connectivity index (χ0) is 18.5. The molecule has 0 aliphatic heterocycles. The molecule has 1 heterocycles. The summed E-state index contributed by atoms with van der Waals surface area (Å²) < 4.78 is 1.73. The molecule has 0 fully saturated rings. The van der Waals surface area contributed by atoms with Gasteiger partial charge < -0.3 is 0 Å². The Bertz CT molecular complexity index is 1030. The van der Waals surface area contributed by atoms with Gasteiger partial charge in [0, 0.05) is 12.2 Å². The second-order valence-electron chi connectivity index (χ2n) is 6.31. The molecule has 0 saturated carbocycles. The molecule has 0 bridgehead atoms. The first kappa shape index (κ1) is 18.2. The van der Waals surface area contributed by atoms with Gasteiger partial charge in [0.05, 0.1) is 22.7 Å². The van der Waals surface area contributed by atoms with E-state index in [1.54, 1.807) is 16.3 Å². The van der Waals surface area contributed by atoms with E-state index in [9.17, 15) is 4.79 Å². The van der Waals surface area contributed by atoms with E-state index in [-0.39, 0.29) is 5.56 Å². The van der Waals surface area contributed by atoms with Gasteiger partial charge in [0.25, 0.3) is 5.56 Å². The van der Waals surface area contributed by atoms with Crippen molar-refractivity contribution in [2.24, 2.45) is 0 Å². The Labute approximate surface area is 157 Å². The Kier molecular flexibility index (Phi) is 5.75. The van der Waals surface area contributed by atoms with Crippen molar-refractivity contribution < 1.29 is 0 Å². The maximum atomic E-state index is 13.2. The topological polar surface area (TPSA) is 58.7 Å². The van der Waals surface area contributed by atoms with Crippen molar-refractivity contribution in [2.45, 2.75) is 38.3 Å². The van der Waals surface area contributed by atoms with Crippen molar-refractivity contribution in [1.82, 2.24) is 9.55 Å². The van der Waals surface area contributed by atoms with Crippen LogP contribution in [0.15, 0.2) is 52.4 Å². The molecule has 2 aromatic carbocycles. The van der Waals surface area contributed by atoms with E-state index in [1.165, 1.54) is 5.56 Å². The Morgan fingerprint density at radius 2 is 1.96 bits per heavy atom. The minimum absolute atomic E-state index is 0.0397. The zero-order valence-electron chi connectivity index (χ0n) is 15.0. The van der Waals surface area contributed by atoms with Crippen molar-refractivity contribution in [1.29, 1.82) is 5.26 Å². The lowest BCUT2D eigenvalue weighted by Gasteiger charge is -2.15. The van der Waals surface area contributed by atoms with Crippen molar-refractivity contribution in [3.05, 3.63) is 63.9 Å². The third kappa shape index (κ3) is 3.81. The number of rotatable bonds is 6. The number of hydrogen-bond acceptors (Lipinski definition) is 4. The van der Waals surface area contributed by atoms with Gasteiger partial charge in [-0.1, -0.05) is 41.6 Å². The molecule has 0 spiro atoms. The zero-order valence-corrected chi connectivity index (χ0v) is 15.8. The van der Waals surface area contributed by atoms with Gasteiger partial charge in [0.2, 0.25) is 0 Å². The molecule has 0 aliphatic rings. The molecule has 132 valence electrons. The molecule has 0 aliphatic carbocycles. The summed E-state index contributed by atoms with van der Waals surface area (Å²) >= 11 is 1.58. The fourth-order valence-corrected chi connectivity index (χ4v) is 3.95. The minimum atomic E-state index is -0.0397. The summed E-state index contributed by atoms with van der Waals surface area (Å²) in [7, 11) is 0. The molecule has 26 heavy (non-hydrogen) atoms. The van der Waals surface area contributed by atoms with E-state index in [2.05, 4.69) is 12.1 Å². The van der Waals surface area contributed by atoms with Crippen molar-refractivity contribution >= 4 is 22.7 Å². The molecule has 4 nitrogen and oxygen atoms in total. The minimum Gasteiger partial charge on any atom is -0.268 e. The molecule has 3 rings (SSSR count). The lowest BCUT2D eigenvalue weighted by atomic mass is 10.1. The molecule has 0 N–H and O–H groups in total. The number of para-hydroxylation sites is 1. The summed E-state index contributed by atoms with van der Waals surface area (Å²) in [4.78, 5) is 17.9. The highest BCUT2D eigenvalue weighted by Gasteiger charge is 2.14. The number of fused-ring (bicyclic) bond motifs is 1. The number of aryl methyl sites for hydroxylation is 2. The Balaban J connectivity index is 2.09. The van der Waals surface area contributed by atoms with Gasteiger partial charge in [-0.15, -0.1) is 0 Å². The second-order valence-corrected chi connectivity index (χ2v) is 7.37. The first-order chi connectivity index (χ1) is 12.6. The van der Waals surface area contributed by atoms with Gasteiger partial charge in [-0.25, -0.2) is 4.98 Å². The first-order valence-electron chi connectivity index (χ1n) is 8.71. The van der Waals surface area contributed by atoms with Crippen LogP contribution in [0.3, 0.4) is 0 Å². The number of hydrogen-bond donors (Lipinski definition) is 0. The number of unbranched alkanes of at least 4 members (excludes halogenated alkanes) is 2. The molecule has 0 amide bonds. The molecular formula is C21H21N3OS. The smallest absolute Gasteiger partial charge is 0.266 e. The van der Waals surface area contributed by atoms with Crippen LogP contribution in [0, 0.1) is 25.2 Å². The highest BCUT2D eigenvalue weighted by Crippen LogP contribution is 2.24. The van der Waals surface area contributed by atoms with E-state index in [0.717, 1.165) is 35.4 Å². The van der Waals surface area contributed by atoms with Crippen LogP contribution >= 0.6 is 11.8 Å². The average Bonchev–Trinajstić information content (AvgIpc) is 2.63. The third-order valence-corrected chi connectivity index (χ3v) is 5.28. The van der Waals surface area contributed by atoms with Crippen LogP contribution in [0.4, 0.5) is 0 Å². The van der Waals surface area contributed by atoms with Crippen molar-refractivity contribution in [3.8, 4) is 11.8 Å². The van der Waals surface area contributed by atoms with Crippen LogP contribution in [-0.4, -0.2) is 15.3 Å². The van der Waals surface area contributed by atoms with Crippen LogP contribution in [0.25, 0.3) is 16.6 Å². The van der Waals surface area contributed by atoms with Crippen molar-refractivity contribution in [3.63, 3.8) is 0 Å². The highest BCUT2D eigenvalue weighted by atomic mass is 32.2. The third-order valence-electron chi connectivity index (χ3n) is 4.25. The van der Waals surface area contributed by atoms with Crippen LogP contribution < -0.4 is 5.56 Å². The molecular weight excluding hydrogens is 342 g/mol. The quantitative estimate of drug-likeness (QED) is 0.359. The van der Waals surface area contributed by atoms with E-state index in [0.29, 0.717) is 17.0 Å². The summed E-state index contributed by atoms with van der Waals surface area (Å²) in [5.74, 6) is 0.831. The van der Waals surface area contributed by atoms with Crippen LogP contribution in [0.2, 0.25) is 0 Å². The Morgan fingerprint density at radius 1 is 1.15 bits per heavy atom. The number of benzene rings is 2. The van der Waals surface area contributed by atoms with E-state index in [1.807, 2.05) is 50.2 Å². The maximum Gasteiger partial charge on any atom is 0.266 e. The SMILES string of the molecule is Cc1ccc(-n2c(SCCCCC#N)nc3ccccc3c2=O)c(C)c1. The van der Waals surface area contributed by atoms with Gasteiger partial charge in [0.1, 0.15) is 0 Å². The van der Waals surface area contributed by atoms with E-state index < -0.39 is 0 Å². The summed E-state index contributed by atoms with van der Waals surface area (Å²) in [5.41, 5.74) is 3.77. The summed E-state index contributed by atoms with van der Waals surface area (Å²) in [6.07, 6.45) is 2.36. The normalized spacial score (nSPS) is 10.8. The average molecular weight is 363 g/mol. The number of nitriles is 1. The molecule has 1 aromatic heterocycles. The molecule has 0 saturated heterocycles. The van der Waals surface area contributed by atoms with Gasteiger partial charge in [-0.3, -0.25) is 9.36 Å². The summed E-state index contributed by atoms with van der Waals surface area (Å²) in [5, 5.41) is 10.0. The summed E-state index contributed by atoms with van der Waals surface area (Å²) in [6.45, 7) is 4.06. The maximum absolute atomic E-state index is 13.2. The monoisotopic (exact) mass is 363 g/mol. The predicted octanol–water partition coefficient (Wildman–Crippen LogP) is 4.79. The lowest BCUT2D eigenvalue weighted by Crippen LogP contribution is -2.22. The fourth-order valence-electron chi connectivity index (χ4n) is 2.95. The number of aromatic nitrogens is 2. The largest absolute Gasteiger partial charge is 0.268 e. The fraction of sp³-hybridized carbons (Fsp3) is 0.286. The van der Waals surface area contributed by atoms with Gasteiger partial charge >= 0.3 is 0 Å². The second kappa shape index (κ2) is 8.20. The molecule has 3 aromatic rings. The number of thioether (sulfide) groups is 1. The molecule has 0 atom stereocenters. The van der Waals surface area contributed by atoms with Crippen LogP contribution in [0.5, 0.6) is 0 Å². The van der Waals surface area contributed by atoms with Gasteiger partial charge in [-0.2, -0.15) is 5.26 Å². The van der Waals surface area contributed by atoms with Gasteiger partial charge in [-0.05, 0) is 50.5 Å². The standard InChI is InChI=1S/C21H21N3OS/c1-15-10-11-19(16(2)14-15)24-20(25)17-8-4-5-9-18(17)23-21(24)26-13-7-3-6-12-22/h4-5,8-11,14H,3,6-7,13H2,1-2H3. The van der Waals surface area contributed by atoms with Gasteiger partial charge in [0.15, 0.2) is 5.16 Å². The van der Waals surface area contributed by atoms with Crippen LogP contribution in [0.1, 0.15) is 30.4 Å². The van der Waals surface area contributed by atoms with E-state index in [4.69, 9.17) is 10.2 Å². The first-order valence-corrected chi connectivity index (χ1v) is 9.69. The lowest BCUT2D eigenvalue weighted by molar-refractivity contribution is 0.800. The molecule has 0 radical (unpaired) electrons. The van der Waals surface area contributed by atoms with Crippen LogP contribution in [-0.2, 0) is 0 Å². The predicted molar refractivity (Wildman–Crippen MR) is 107 cm³/mol. The summed E-state index contributed by atoms with van der Waals surface area (Å²) in [6, 6.07) is 15.7. The Hall–Kier alpha value is -2.58. The van der Waals surface area contributed by atoms with Crippen molar-refractivity contribution in [2.75, 3.05) is 5.75 Å². The Morgan fingerprint density at radius 3 is 2.73 bits per heavy atom. The van der Waals surface area contributed by atoms with E-state index >= 15 is 0 Å². The number of nitrogens with zero attached hydrogens (tertiary/aromatic N) is 3. The molecule has 0 unspecified atom stereocenters. The molecule has 5 heteroatoms. The highest BCUT2D eigenvalue weighted by molar-refractivity contribution is 7.99.